The number of rotatable bonds is 3. The van der Waals surface area contributed by atoms with Crippen LogP contribution < -0.4 is 10.5 Å². The Hall–Kier alpha value is -1.85. The van der Waals surface area contributed by atoms with E-state index in [1.807, 2.05) is 23.6 Å². The monoisotopic (exact) mass is 278 g/mol. The number of nitrogens with zero attached hydrogens (tertiary/aromatic N) is 3. The smallest absolute Gasteiger partial charge is 0.255 e. The lowest BCUT2D eigenvalue weighted by Gasteiger charge is -2.34. The third kappa shape index (κ3) is 3.00. The lowest BCUT2D eigenvalue weighted by atomic mass is 10.1. The SMILES string of the molecule is CCCc1c(C)nc(N2CCN(C(C)=O)CC2)[nH]c1=O. The quantitative estimate of drug-likeness (QED) is 0.883. The molecule has 110 valence electrons. The molecule has 1 aromatic rings. The van der Waals surface area contributed by atoms with Crippen molar-refractivity contribution in [2.24, 2.45) is 0 Å². The Morgan fingerprint density at radius 1 is 1.30 bits per heavy atom. The molecule has 0 spiro atoms. The molecule has 0 aliphatic carbocycles. The minimum absolute atomic E-state index is 0.0386. The largest absolute Gasteiger partial charge is 0.339 e. The van der Waals surface area contributed by atoms with Gasteiger partial charge in [-0.1, -0.05) is 13.3 Å². The van der Waals surface area contributed by atoms with Gasteiger partial charge in [0.05, 0.1) is 0 Å². The van der Waals surface area contributed by atoms with Crippen LogP contribution in [0, 0.1) is 6.92 Å². The zero-order chi connectivity index (χ0) is 14.7. The number of anilines is 1. The van der Waals surface area contributed by atoms with Crippen LogP contribution in [-0.2, 0) is 11.2 Å². The Morgan fingerprint density at radius 2 is 1.95 bits per heavy atom. The number of hydrogen-bond donors (Lipinski definition) is 1. The van der Waals surface area contributed by atoms with Crippen molar-refractivity contribution in [3.63, 3.8) is 0 Å². The molecule has 1 aliphatic heterocycles. The molecular formula is C14H22N4O2. The molecule has 0 atom stereocenters. The summed E-state index contributed by atoms with van der Waals surface area (Å²) >= 11 is 0. The van der Waals surface area contributed by atoms with E-state index in [-0.39, 0.29) is 11.5 Å². The Labute approximate surface area is 118 Å². The molecule has 1 N–H and O–H groups in total. The number of H-pyrrole nitrogens is 1. The summed E-state index contributed by atoms with van der Waals surface area (Å²) in [5, 5.41) is 0. The number of nitrogens with one attached hydrogen (secondary N) is 1. The zero-order valence-corrected chi connectivity index (χ0v) is 12.4. The maximum Gasteiger partial charge on any atom is 0.255 e. The molecule has 6 nitrogen and oxygen atoms in total. The highest BCUT2D eigenvalue weighted by Gasteiger charge is 2.21. The molecule has 1 amide bonds. The number of hydrogen-bond acceptors (Lipinski definition) is 4. The predicted octanol–water partition coefficient (Wildman–Crippen LogP) is 0.699. The van der Waals surface area contributed by atoms with Crippen LogP contribution in [0.15, 0.2) is 4.79 Å². The van der Waals surface area contributed by atoms with Gasteiger partial charge in [0, 0.05) is 44.4 Å². The third-order valence-electron chi connectivity index (χ3n) is 3.73. The molecule has 0 aromatic carbocycles. The number of amides is 1. The summed E-state index contributed by atoms with van der Waals surface area (Å²) in [5.74, 6) is 0.719. The number of carbonyl (C=O) groups excluding carboxylic acids is 1. The second-order valence-corrected chi connectivity index (χ2v) is 5.20. The number of carbonyl (C=O) groups is 1. The van der Waals surface area contributed by atoms with Crippen LogP contribution >= 0.6 is 0 Å². The van der Waals surface area contributed by atoms with E-state index in [0.29, 0.717) is 32.1 Å². The predicted molar refractivity (Wildman–Crippen MR) is 78.1 cm³/mol. The van der Waals surface area contributed by atoms with Gasteiger partial charge in [-0.25, -0.2) is 4.98 Å². The summed E-state index contributed by atoms with van der Waals surface area (Å²) in [6, 6.07) is 0. The average molecular weight is 278 g/mol. The van der Waals surface area contributed by atoms with Gasteiger partial charge >= 0.3 is 0 Å². The average Bonchev–Trinajstić information content (AvgIpc) is 2.42. The van der Waals surface area contributed by atoms with Crippen molar-refractivity contribution >= 4 is 11.9 Å². The molecule has 0 unspecified atom stereocenters. The number of aromatic amines is 1. The maximum absolute atomic E-state index is 12.1. The van der Waals surface area contributed by atoms with E-state index >= 15 is 0 Å². The Bertz CT molecular complexity index is 545. The first-order chi connectivity index (χ1) is 9.52. The fourth-order valence-corrected chi connectivity index (χ4v) is 2.52. The van der Waals surface area contributed by atoms with Gasteiger partial charge in [0.1, 0.15) is 0 Å². The second kappa shape index (κ2) is 6.07. The van der Waals surface area contributed by atoms with Crippen molar-refractivity contribution in [3.8, 4) is 0 Å². The lowest BCUT2D eigenvalue weighted by molar-refractivity contribution is -0.129. The van der Waals surface area contributed by atoms with Gasteiger partial charge in [-0.2, -0.15) is 0 Å². The minimum Gasteiger partial charge on any atom is -0.339 e. The first kappa shape index (κ1) is 14.6. The fourth-order valence-electron chi connectivity index (χ4n) is 2.52. The molecule has 2 heterocycles. The summed E-state index contributed by atoms with van der Waals surface area (Å²) in [4.78, 5) is 34.6. The first-order valence-electron chi connectivity index (χ1n) is 7.13. The normalized spacial score (nSPS) is 15.6. The summed E-state index contributed by atoms with van der Waals surface area (Å²) in [6.07, 6.45) is 1.69. The number of aromatic nitrogens is 2. The van der Waals surface area contributed by atoms with Crippen molar-refractivity contribution in [2.45, 2.75) is 33.6 Å². The van der Waals surface area contributed by atoms with Gasteiger partial charge in [-0.15, -0.1) is 0 Å². The molecule has 1 aromatic heterocycles. The topological polar surface area (TPSA) is 69.3 Å². The van der Waals surface area contributed by atoms with E-state index < -0.39 is 0 Å². The van der Waals surface area contributed by atoms with E-state index in [2.05, 4.69) is 9.97 Å². The number of aryl methyl sites for hydroxylation is 1. The third-order valence-corrected chi connectivity index (χ3v) is 3.73. The highest BCUT2D eigenvalue weighted by molar-refractivity contribution is 5.73. The van der Waals surface area contributed by atoms with Crippen molar-refractivity contribution in [1.82, 2.24) is 14.9 Å². The van der Waals surface area contributed by atoms with Crippen LogP contribution in [0.4, 0.5) is 5.95 Å². The Morgan fingerprint density at radius 3 is 2.45 bits per heavy atom. The lowest BCUT2D eigenvalue weighted by Crippen LogP contribution is -2.49. The van der Waals surface area contributed by atoms with Gasteiger partial charge in [-0.3, -0.25) is 14.6 Å². The number of piperazine rings is 1. The van der Waals surface area contributed by atoms with Crippen LogP contribution in [0.1, 0.15) is 31.5 Å². The summed E-state index contributed by atoms with van der Waals surface area (Å²) in [6.45, 7) is 8.27. The zero-order valence-electron chi connectivity index (χ0n) is 12.4. The van der Waals surface area contributed by atoms with Gasteiger partial charge in [0.25, 0.3) is 5.56 Å². The van der Waals surface area contributed by atoms with Crippen molar-refractivity contribution in [1.29, 1.82) is 0 Å². The summed E-state index contributed by atoms with van der Waals surface area (Å²) < 4.78 is 0. The summed E-state index contributed by atoms with van der Waals surface area (Å²) in [7, 11) is 0. The fraction of sp³-hybridized carbons (Fsp3) is 0.643. The molecule has 2 rings (SSSR count). The molecule has 0 radical (unpaired) electrons. The first-order valence-corrected chi connectivity index (χ1v) is 7.13. The van der Waals surface area contributed by atoms with Gasteiger partial charge in [0.2, 0.25) is 11.9 Å². The van der Waals surface area contributed by atoms with Crippen LogP contribution in [0.5, 0.6) is 0 Å². The molecule has 1 saturated heterocycles. The molecule has 20 heavy (non-hydrogen) atoms. The van der Waals surface area contributed by atoms with Crippen molar-refractivity contribution < 1.29 is 4.79 Å². The van der Waals surface area contributed by atoms with E-state index in [9.17, 15) is 9.59 Å². The molecule has 1 fully saturated rings. The second-order valence-electron chi connectivity index (χ2n) is 5.20. The highest BCUT2D eigenvalue weighted by atomic mass is 16.2. The van der Waals surface area contributed by atoms with Crippen LogP contribution in [0.3, 0.4) is 0 Å². The molecule has 6 heteroatoms. The van der Waals surface area contributed by atoms with Crippen LogP contribution in [0.25, 0.3) is 0 Å². The standard InChI is InChI=1S/C14H22N4O2/c1-4-5-12-10(2)15-14(16-13(12)20)18-8-6-17(7-9-18)11(3)19/h4-9H2,1-3H3,(H,15,16,20). The van der Waals surface area contributed by atoms with Crippen molar-refractivity contribution in [3.05, 3.63) is 21.6 Å². The maximum atomic E-state index is 12.1. The Balaban J connectivity index is 2.15. The van der Waals surface area contributed by atoms with E-state index in [0.717, 1.165) is 24.1 Å². The van der Waals surface area contributed by atoms with Crippen LogP contribution in [0.2, 0.25) is 0 Å². The molecule has 1 aliphatic rings. The van der Waals surface area contributed by atoms with Gasteiger partial charge in [-0.05, 0) is 13.3 Å². The Kier molecular flexibility index (Phi) is 4.42. The molecular weight excluding hydrogens is 256 g/mol. The molecule has 0 bridgehead atoms. The highest BCUT2D eigenvalue weighted by Crippen LogP contribution is 2.12. The van der Waals surface area contributed by atoms with Crippen LogP contribution in [-0.4, -0.2) is 47.0 Å². The summed E-state index contributed by atoms with van der Waals surface area (Å²) in [5.41, 5.74) is 1.54. The van der Waals surface area contributed by atoms with E-state index in [1.165, 1.54) is 0 Å². The van der Waals surface area contributed by atoms with E-state index in [4.69, 9.17) is 0 Å². The van der Waals surface area contributed by atoms with Crippen molar-refractivity contribution in [2.75, 3.05) is 31.1 Å². The van der Waals surface area contributed by atoms with E-state index in [1.54, 1.807) is 6.92 Å². The minimum atomic E-state index is -0.0386. The van der Waals surface area contributed by atoms with Gasteiger partial charge in [0.15, 0.2) is 0 Å². The molecule has 0 saturated carbocycles. The van der Waals surface area contributed by atoms with Gasteiger partial charge < -0.3 is 9.80 Å².